The summed E-state index contributed by atoms with van der Waals surface area (Å²) in [6.45, 7) is 5.62. The Morgan fingerprint density at radius 1 is 1.13 bits per heavy atom. The lowest BCUT2D eigenvalue weighted by atomic mass is 10.0. The zero-order valence-corrected chi connectivity index (χ0v) is 14.4. The van der Waals surface area contributed by atoms with Gasteiger partial charge in [-0.1, -0.05) is 47.5 Å². The minimum absolute atomic E-state index is 0.212. The first kappa shape index (κ1) is 17.7. The molecule has 0 radical (unpaired) electrons. The van der Waals surface area contributed by atoms with Crippen molar-refractivity contribution in [3.63, 3.8) is 0 Å². The molecule has 2 rings (SSSR count). The van der Waals surface area contributed by atoms with E-state index in [1.54, 1.807) is 42.5 Å². The summed E-state index contributed by atoms with van der Waals surface area (Å²) < 4.78 is 24.6. The molecule has 0 saturated heterocycles. The van der Waals surface area contributed by atoms with Gasteiger partial charge in [0.2, 0.25) is 0 Å². The van der Waals surface area contributed by atoms with Gasteiger partial charge in [-0.25, -0.2) is 13.8 Å². The fraction of sp³-hybridized carbons (Fsp3) is 0.176. The smallest absolute Gasteiger partial charge is 0.236 e. The molecule has 0 aromatic heterocycles. The molecule has 0 aliphatic rings. The highest BCUT2D eigenvalue weighted by Crippen LogP contribution is 2.19. The number of nitrogens with one attached hydrogen (secondary N) is 2. The molecule has 122 valence electrons. The molecule has 2 N–H and O–H groups in total. The Labute approximate surface area is 142 Å². The van der Waals surface area contributed by atoms with Crippen LogP contribution in [0.2, 0.25) is 5.02 Å². The van der Waals surface area contributed by atoms with Gasteiger partial charge in [0.05, 0.1) is 10.9 Å². The quantitative estimate of drug-likeness (QED) is 0.590. The molecule has 6 heteroatoms. The highest BCUT2D eigenvalue weighted by atomic mass is 35.5. The lowest BCUT2D eigenvalue weighted by Crippen LogP contribution is -2.39. The third-order valence-corrected chi connectivity index (χ3v) is 4.90. The summed E-state index contributed by atoms with van der Waals surface area (Å²) >= 11 is 5.88. The molecule has 0 fully saturated rings. The molecular weight excluding hydrogens is 332 g/mol. The average molecular weight is 351 g/mol. The molecule has 4 nitrogen and oxygen atoms in total. The normalized spacial score (nSPS) is 12.8. The number of sulfonamides is 1. The van der Waals surface area contributed by atoms with Crippen LogP contribution >= 0.6 is 11.6 Å². The molecule has 0 bridgehead atoms. The second kappa shape index (κ2) is 7.75. The van der Waals surface area contributed by atoms with Crippen molar-refractivity contribution in [1.82, 2.24) is 10.3 Å². The fourth-order valence-electron chi connectivity index (χ4n) is 2.07. The number of halogens is 1. The van der Waals surface area contributed by atoms with E-state index in [9.17, 15) is 8.42 Å². The maximum absolute atomic E-state index is 12.3. The average Bonchev–Trinajstić information content (AvgIpc) is 2.53. The lowest BCUT2D eigenvalue weighted by Gasteiger charge is -2.18. The zero-order chi connectivity index (χ0) is 16.9. The standard InChI is InChI=1S/C17H19ClN2O2S/c1-3-4-17(14-7-9-15(18)10-8-14)19-20-23(21,22)16-11-5-13(2)6-12-16/h3,5-12,17,19-20H,1,4H2,2H3. The van der Waals surface area contributed by atoms with E-state index in [0.717, 1.165) is 11.1 Å². The first-order chi connectivity index (χ1) is 10.9. The van der Waals surface area contributed by atoms with E-state index in [-0.39, 0.29) is 10.9 Å². The molecule has 2 aromatic rings. The highest BCUT2D eigenvalue weighted by molar-refractivity contribution is 7.89. The zero-order valence-electron chi connectivity index (χ0n) is 12.8. The van der Waals surface area contributed by atoms with Crippen molar-refractivity contribution in [1.29, 1.82) is 0 Å². The van der Waals surface area contributed by atoms with Crippen LogP contribution in [0.5, 0.6) is 0 Å². The van der Waals surface area contributed by atoms with E-state index < -0.39 is 10.0 Å². The van der Waals surface area contributed by atoms with Gasteiger partial charge in [0.15, 0.2) is 0 Å². The van der Waals surface area contributed by atoms with E-state index in [1.165, 1.54) is 0 Å². The number of aryl methyl sites for hydroxylation is 1. The van der Waals surface area contributed by atoms with E-state index in [0.29, 0.717) is 11.4 Å². The predicted octanol–water partition coefficient (Wildman–Crippen LogP) is 3.75. The Morgan fingerprint density at radius 3 is 2.30 bits per heavy atom. The van der Waals surface area contributed by atoms with Crippen LogP contribution in [0, 0.1) is 6.92 Å². The third-order valence-electron chi connectivity index (χ3n) is 3.37. The summed E-state index contributed by atoms with van der Waals surface area (Å²) in [5.41, 5.74) is 4.78. The van der Waals surface area contributed by atoms with Crippen molar-refractivity contribution in [2.45, 2.75) is 24.3 Å². The molecule has 0 heterocycles. The van der Waals surface area contributed by atoms with Crippen LogP contribution < -0.4 is 10.3 Å². The number of benzene rings is 2. The fourth-order valence-corrected chi connectivity index (χ4v) is 3.10. The van der Waals surface area contributed by atoms with E-state index >= 15 is 0 Å². The minimum atomic E-state index is -3.63. The molecule has 2 aromatic carbocycles. The van der Waals surface area contributed by atoms with Gasteiger partial charge in [0.1, 0.15) is 0 Å². The first-order valence-electron chi connectivity index (χ1n) is 7.13. The number of hydrogen-bond donors (Lipinski definition) is 2. The summed E-state index contributed by atoms with van der Waals surface area (Å²) in [6, 6.07) is 13.7. The van der Waals surface area contributed by atoms with Crippen LogP contribution in [0.4, 0.5) is 0 Å². The topological polar surface area (TPSA) is 58.2 Å². The summed E-state index contributed by atoms with van der Waals surface area (Å²) in [5.74, 6) is 0. The maximum Gasteiger partial charge on any atom is 0.253 e. The molecule has 0 amide bonds. The highest BCUT2D eigenvalue weighted by Gasteiger charge is 2.16. The predicted molar refractivity (Wildman–Crippen MR) is 93.6 cm³/mol. The first-order valence-corrected chi connectivity index (χ1v) is 8.99. The van der Waals surface area contributed by atoms with Crippen molar-refractivity contribution in [3.05, 3.63) is 77.3 Å². The Kier molecular flexibility index (Phi) is 5.96. The van der Waals surface area contributed by atoms with Crippen LogP contribution in [0.1, 0.15) is 23.6 Å². The van der Waals surface area contributed by atoms with Gasteiger partial charge < -0.3 is 0 Å². The lowest BCUT2D eigenvalue weighted by molar-refractivity contribution is 0.494. The van der Waals surface area contributed by atoms with Crippen molar-refractivity contribution in [2.24, 2.45) is 0 Å². The van der Waals surface area contributed by atoms with E-state index in [1.807, 2.05) is 19.1 Å². The molecule has 23 heavy (non-hydrogen) atoms. The van der Waals surface area contributed by atoms with Crippen LogP contribution in [-0.2, 0) is 10.0 Å². The van der Waals surface area contributed by atoms with Crippen LogP contribution in [0.25, 0.3) is 0 Å². The number of rotatable bonds is 7. The van der Waals surface area contributed by atoms with Gasteiger partial charge >= 0.3 is 0 Å². The SMILES string of the molecule is C=CCC(NNS(=O)(=O)c1ccc(C)cc1)c1ccc(Cl)cc1. The van der Waals surface area contributed by atoms with Gasteiger partial charge in [-0.3, -0.25) is 0 Å². The van der Waals surface area contributed by atoms with Gasteiger partial charge in [-0.05, 0) is 43.2 Å². The second-order valence-electron chi connectivity index (χ2n) is 5.19. The van der Waals surface area contributed by atoms with Gasteiger partial charge in [0.25, 0.3) is 10.0 Å². The number of hydrazine groups is 1. The minimum Gasteiger partial charge on any atom is -0.236 e. The van der Waals surface area contributed by atoms with Gasteiger partial charge in [-0.15, -0.1) is 11.4 Å². The molecule has 0 spiro atoms. The molecule has 0 saturated carbocycles. The van der Waals surface area contributed by atoms with E-state index in [4.69, 9.17) is 11.6 Å². The largest absolute Gasteiger partial charge is 0.253 e. The number of hydrogen-bond acceptors (Lipinski definition) is 3. The summed E-state index contributed by atoms with van der Waals surface area (Å²) in [6.07, 6.45) is 2.30. The Morgan fingerprint density at radius 2 is 1.74 bits per heavy atom. The summed E-state index contributed by atoms with van der Waals surface area (Å²) in [4.78, 5) is 2.65. The van der Waals surface area contributed by atoms with Crippen molar-refractivity contribution < 1.29 is 8.42 Å². The van der Waals surface area contributed by atoms with Crippen LogP contribution in [-0.4, -0.2) is 8.42 Å². The summed E-state index contributed by atoms with van der Waals surface area (Å²) in [5, 5.41) is 0.631. The maximum atomic E-state index is 12.3. The van der Waals surface area contributed by atoms with Crippen molar-refractivity contribution in [3.8, 4) is 0 Å². The molecule has 0 aliphatic carbocycles. The third kappa shape index (κ3) is 4.91. The van der Waals surface area contributed by atoms with Crippen LogP contribution in [0.15, 0.2) is 66.1 Å². The molecule has 1 unspecified atom stereocenters. The van der Waals surface area contributed by atoms with Gasteiger partial charge in [-0.2, -0.15) is 0 Å². The second-order valence-corrected chi connectivity index (χ2v) is 7.31. The Bertz CT molecular complexity index is 756. The Balaban J connectivity index is 2.13. The molecular formula is C17H19ClN2O2S. The van der Waals surface area contributed by atoms with Crippen molar-refractivity contribution >= 4 is 21.6 Å². The van der Waals surface area contributed by atoms with Crippen LogP contribution in [0.3, 0.4) is 0 Å². The monoisotopic (exact) mass is 350 g/mol. The molecule has 1 atom stereocenters. The van der Waals surface area contributed by atoms with Gasteiger partial charge in [0, 0.05) is 5.02 Å². The summed E-state index contributed by atoms with van der Waals surface area (Å²) in [7, 11) is -3.63. The molecule has 0 aliphatic heterocycles. The van der Waals surface area contributed by atoms with E-state index in [2.05, 4.69) is 16.8 Å². The Hall–Kier alpha value is -1.66. The van der Waals surface area contributed by atoms with Crippen molar-refractivity contribution in [2.75, 3.05) is 0 Å².